The quantitative estimate of drug-likeness (QED) is 0.787. The number of rotatable bonds is 4. The van der Waals surface area contributed by atoms with E-state index in [2.05, 4.69) is 10.6 Å². The van der Waals surface area contributed by atoms with Crippen molar-refractivity contribution in [1.82, 2.24) is 5.32 Å². The lowest BCUT2D eigenvalue weighted by Crippen LogP contribution is -2.25. The Kier molecular flexibility index (Phi) is 6.33. The predicted molar refractivity (Wildman–Crippen MR) is 94.5 cm³/mol. The third kappa shape index (κ3) is 3.73. The Morgan fingerprint density at radius 3 is 2.69 bits per heavy atom. The van der Waals surface area contributed by atoms with Crippen molar-refractivity contribution in [2.75, 3.05) is 11.9 Å². The van der Waals surface area contributed by atoms with Crippen LogP contribution in [0.3, 0.4) is 0 Å². The molecule has 1 aliphatic heterocycles. The van der Waals surface area contributed by atoms with Crippen molar-refractivity contribution in [3.63, 3.8) is 0 Å². The van der Waals surface area contributed by atoms with Gasteiger partial charge in [-0.15, -0.1) is 23.7 Å². The molecule has 1 aliphatic rings. The summed E-state index contributed by atoms with van der Waals surface area (Å²) in [4.78, 5) is 11.1. The maximum absolute atomic E-state index is 14.5. The van der Waals surface area contributed by atoms with Crippen LogP contribution >= 0.6 is 23.7 Å². The molecule has 0 radical (unpaired) electrons. The summed E-state index contributed by atoms with van der Waals surface area (Å²) in [6.45, 7) is 1.12. The summed E-state index contributed by atoms with van der Waals surface area (Å²) in [5.41, 5.74) is 1.14. The first-order valence-electron chi connectivity index (χ1n) is 7.24. The first-order chi connectivity index (χ1) is 11.8. The maximum Gasteiger partial charge on any atom is 0.341 e. The average molecular weight is 427 g/mol. The van der Waals surface area contributed by atoms with Crippen LogP contribution in [0.4, 0.5) is 18.9 Å². The molecule has 2 aromatic rings. The zero-order chi connectivity index (χ0) is 18.2. The van der Waals surface area contributed by atoms with Gasteiger partial charge in [-0.3, -0.25) is 4.79 Å². The number of alkyl halides is 2. The van der Waals surface area contributed by atoms with Gasteiger partial charge in [0, 0.05) is 6.54 Å². The van der Waals surface area contributed by atoms with Crippen LogP contribution in [0.1, 0.15) is 20.8 Å². The van der Waals surface area contributed by atoms with Gasteiger partial charge in [-0.2, -0.15) is 8.78 Å². The minimum Gasteiger partial charge on any atom is -0.319 e. The van der Waals surface area contributed by atoms with Crippen LogP contribution in [-0.2, 0) is 22.8 Å². The maximum atomic E-state index is 14.5. The van der Waals surface area contributed by atoms with Gasteiger partial charge in [0.2, 0.25) is 9.84 Å². The number of anilines is 1. The molecule has 0 unspecified atom stereocenters. The predicted octanol–water partition coefficient (Wildman–Crippen LogP) is 3.20. The molecule has 11 heteroatoms. The van der Waals surface area contributed by atoms with E-state index in [-0.39, 0.29) is 18.1 Å². The number of hydrogen-bond acceptors (Lipinski definition) is 5. The monoisotopic (exact) mass is 426 g/mol. The molecule has 5 nitrogen and oxygen atoms in total. The second-order valence-corrected chi connectivity index (χ2v) is 8.17. The van der Waals surface area contributed by atoms with Crippen LogP contribution < -0.4 is 10.6 Å². The summed E-state index contributed by atoms with van der Waals surface area (Å²) in [5, 5.41) is 6.60. The number of halogens is 4. The van der Waals surface area contributed by atoms with E-state index in [1.807, 2.05) is 0 Å². The Hall–Kier alpha value is -1.62. The zero-order valence-electron chi connectivity index (χ0n) is 13.1. The number of hydrogen-bond donors (Lipinski definition) is 2. The third-order valence-electron chi connectivity index (χ3n) is 3.83. The number of nitrogens with one attached hydrogen (secondary N) is 2. The lowest BCUT2D eigenvalue weighted by molar-refractivity contribution is 0.102. The molecule has 2 heterocycles. The molecule has 2 N–H and O–H groups in total. The number of carbonyl (C=O) groups excluding carboxylic acids is 1. The van der Waals surface area contributed by atoms with Gasteiger partial charge in [-0.05, 0) is 41.6 Å². The van der Waals surface area contributed by atoms with Gasteiger partial charge in [0.15, 0.2) is 0 Å². The topological polar surface area (TPSA) is 75.3 Å². The van der Waals surface area contributed by atoms with Crippen LogP contribution in [-0.4, -0.2) is 26.6 Å². The van der Waals surface area contributed by atoms with Crippen LogP contribution in [0, 0.1) is 5.82 Å². The number of benzene rings is 1. The highest BCUT2D eigenvalue weighted by atomic mass is 35.5. The SMILES string of the molecule is Cl.O=C(Nc1ccc2c(c1F)CCNC2)c1sccc1S(=O)(=O)C(F)F. The summed E-state index contributed by atoms with van der Waals surface area (Å²) in [6, 6.07) is 3.97. The van der Waals surface area contributed by atoms with Crippen molar-refractivity contribution in [3.05, 3.63) is 45.4 Å². The van der Waals surface area contributed by atoms with Gasteiger partial charge < -0.3 is 10.6 Å². The first kappa shape index (κ1) is 20.7. The Bertz CT molecular complexity index is 932. The number of amides is 1. The highest BCUT2D eigenvalue weighted by Crippen LogP contribution is 2.29. The molecule has 0 aliphatic carbocycles. The molecule has 1 aromatic heterocycles. The van der Waals surface area contributed by atoms with Gasteiger partial charge in [-0.25, -0.2) is 12.8 Å². The molecule has 0 fully saturated rings. The molecular formula is C15H14ClF3N2O3S2. The van der Waals surface area contributed by atoms with E-state index < -0.39 is 37.1 Å². The number of fused-ring (bicyclic) bond motifs is 1. The lowest BCUT2D eigenvalue weighted by atomic mass is 9.99. The Morgan fingerprint density at radius 2 is 2.00 bits per heavy atom. The van der Waals surface area contributed by atoms with Crippen molar-refractivity contribution >= 4 is 45.2 Å². The van der Waals surface area contributed by atoms with E-state index >= 15 is 0 Å². The molecular weight excluding hydrogens is 413 g/mol. The van der Waals surface area contributed by atoms with Crippen LogP contribution in [0.2, 0.25) is 0 Å². The smallest absolute Gasteiger partial charge is 0.319 e. The Morgan fingerprint density at radius 1 is 1.27 bits per heavy atom. The molecule has 3 rings (SSSR count). The summed E-state index contributed by atoms with van der Waals surface area (Å²) < 4.78 is 63.2. The fourth-order valence-electron chi connectivity index (χ4n) is 2.59. The summed E-state index contributed by atoms with van der Waals surface area (Å²) >= 11 is 0.699. The lowest BCUT2D eigenvalue weighted by Gasteiger charge is -2.19. The molecule has 0 spiro atoms. The molecule has 142 valence electrons. The van der Waals surface area contributed by atoms with Crippen molar-refractivity contribution in [1.29, 1.82) is 0 Å². The van der Waals surface area contributed by atoms with Gasteiger partial charge in [-0.1, -0.05) is 6.07 Å². The van der Waals surface area contributed by atoms with Crippen molar-refractivity contribution < 1.29 is 26.4 Å². The van der Waals surface area contributed by atoms with E-state index in [4.69, 9.17) is 0 Å². The second-order valence-electron chi connectivity index (χ2n) is 5.37. The average Bonchev–Trinajstić information content (AvgIpc) is 3.08. The van der Waals surface area contributed by atoms with Crippen molar-refractivity contribution in [3.8, 4) is 0 Å². The largest absolute Gasteiger partial charge is 0.341 e. The molecule has 26 heavy (non-hydrogen) atoms. The summed E-state index contributed by atoms with van der Waals surface area (Å²) in [5.74, 6) is -5.18. The minimum atomic E-state index is -4.91. The second kappa shape index (κ2) is 7.95. The fraction of sp³-hybridized carbons (Fsp3) is 0.267. The van der Waals surface area contributed by atoms with Gasteiger partial charge in [0.25, 0.3) is 5.91 Å². The standard InChI is InChI=1S/C15H13F3N2O3S2.ClH/c16-12-9-3-5-19-7-8(9)1-2-10(12)20-14(21)13-11(4-6-24-13)25(22,23)15(17)18;/h1-2,4,6,15,19H,3,5,7H2,(H,20,21);1H. The molecule has 1 aromatic carbocycles. The van der Waals surface area contributed by atoms with E-state index in [0.717, 1.165) is 11.6 Å². The summed E-state index contributed by atoms with van der Waals surface area (Å²) in [7, 11) is -4.91. The van der Waals surface area contributed by atoms with E-state index in [1.165, 1.54) is 11.4 Å². The zero-order valence-corrected chi connectivity index (χ0v) is 15.5. The third-order valence-corrected chi connectivity index (χ3v) is 6.30. The van der Waals surface area contributed by atoms with Gasteiger partial charge in [0.1, 0.15) is 10.7 Å². The van der Waals surface area contributed by atoms with Crippen LogP contribution in [0.25, 0.3) is 0 Å². The molecule has 0 saturated carbocycles. The van der Waals surface area contributed by atoms with E-state index in [0.29, 0.717) is 36.4 Å². The fourth-order valence-corrected chi connectivity index (χ4v) is 4.65. The van der Waals surface area contributed by atoms with Gasteiger partial charge >= 0.3 is 5.76 Å². The van der Waals surface area contributed by atoms with E-state index in [1.54, 1.807) is 6.07 Å². The minimum absolute atomic E-state index is 0. The molecule has 1 amide bonds. The van der Waals surface area contributed by atoms with Gasteiger partial charge in [0.05, 0.1) is 10.6 Å². The van der Waals surface area contributed by atoms with E-state index in [9.17, 15) is 26.4 Å². The number of carbonyl (C=O) groups is 1. The highest BCUT2D eigenvalue weighted by Gasteiger charge is 2.32. The Balaban J connectivity index is 0.00000243. The van der Waals surface area contributed by atoms with Crippen LogP contribution in [0.15, 0.2) is 28.5 Å². The first-order valence-corrected chi connectivity index (χ1v) is 9.67. The number of thiophene rings is 1. The summed E-state index contributed by atoms with van der Waals surface area (Å²) in [6.07, 6.45) is 0.453. The normalized spacial score (nSPS) is 13.8. The van der Waals surface area contributed by atoms with Crippen LogP contribution in [0.5, 0.6) is 0 Å². The van der Waals surface area contributed by atoms with Crippen molar-refractivity contribution in [2.45, 2.75) is 23.6 Å². The van der Waals surface area contributed by atoms with Crippen molar-refractivity contribution in [2.24, 2.45) is 0 Å². The molecule has 0 bridgehead atoms. The molecule has 0 saturated heterocycles. The highest BCUT2D eigenvalue weighted by molar-refractivity contribution is 7.92. The Labute approximate surface area is 157 Å². The number of sulfone groups is 1. The molecule has 0 atom stereocenters.